The highest BCUT2D eigenvalue weighted by Crippen LogP contribution is 2.37. The number of nitrogens with zero attached hydrogens (tertiary/aromatic N) is 1. The minimum Gasteiger partial charge on any atom is -0.493 e. The second-order valence-electron chi connectivity index (χ2n) is 7.32. The molecular formula is C26H22ClNO4. The molecule has 0 amide bonds. The van der Waals surface area contributed by atoms with E-state index in [1.54, 1.807) is 25.3 Å². The third kappa shape index (κ3) is 5.01. The molecule has 0 atom stereocenters. The Balaban J connectivity index is 1.53. The van der Waals surface area contributed by atoms with Crippen molar-refractivity contribution in [3.05, 3.63) is 99.7 Å². The molecule has 0 fully saturated rings. The van der Waals surface area contributed by atoms with E-state index >= 15 is 0 Å². The minimum atomic E-state index is -0.515. The summed E-state index contributed by atoms with van der Waals surface area (Å²) in [6.45, 7) is 2.45. The fourth-order valence-electron chi connectivity index (χ4n) is 3.27. The molecule has 6 heteroatoms. The highest BCUT2D eigenvalue weighted by atomic mass is 35.5. The Hall–Kier alpha value is -3.57. The maximum atomic E-state index is 12.3. The van der Waals surface area contributed by atoms with Gasteiger partial charge >= 0.3 is 5.97 Å². The standard InChI is InChI=1S/C26H22ClNO4/c1-17-8-10-20(11-9-17)25-28-22(26(29)32-25)15-19-14-21(27)24(23(16-19)30-2)31-13-12-18-6-4-3-5-7-18/h3-11,14-16H,12-13H2,1-2H3/b22-15-. The Kier molecular flexibility index (Phi) is 6.57. The zero-order valence-corrected chi connectivity index (χ0v) is 18.6. The van der Waals surface area contributed by atoms with Crippen molar-refractivity contribution in [2.45, 2.75) is 13.3 Å². The lowest BCUT2D eigenvalue weighted by Crippen LogP contribution is -2.05. The van der Waals surface area contributed by atoms with Gasteiger partial charge in [0, 0.05) is 12.0 Å². The number of halogens is 1. The van der Waals surface area contributed by atoms with Crippen molar-refractivity contribution >= 4 is 29.5 Å². The first-order chi connectivity index (χ1) is 15.5. The lowest BCUT2D eigenvalue weighted by atomic mass is 10.1. The molecule has 0 radical (unpaired) electrons. The molecule has 0 unspecified atom stereocenters. The third-order valence-corrected chi connectivity index (χ3v) is 5.23. The minimum absolute atomic E-state index is 0.191. The fraction of sp³-hybridized carbons (Fsp3) is 0.154. The third-order valence-electron chi connectivity index (χ3n) is 4.95. The second kappa shape index (κ2) is 9.71. The topological polar surface area (TPSA) is 57.1 Å². The first kappa shape index (κ1) is 21.7. The average molecular weight is 448 g/mol. The summed E-state index contributed by atoms with van der Waals surface area (Å²) in [5.74, 6) is 0.704. The molecule has 0 aliphatic carbocycles. The maximum Gasteiger partial charge on any atom is 0.363 e. The van der Waals surface area contributed by atoms with Crippen LogP contribution in [-0.4, -0.2) is 25.6 Å². The first-order valence-electron chi connectivity index (χ1n) is 10.2. The van der Waals surface area contributed by atoms with Gasteiger partial charge in [0.15, 0.2) is 17.2 Å². The number of carbonyl (C=O) groups is 1. The number of carbonyl (C=O) groups excluding carboxylic acids is 1. The van der Waals surface area contributed by atoms with Crippen LogP contribution in [0.5, 0.6) is 11.5 Å². The van der Waals surface area contributed by atoms with Crippen molar-refractivity contribution < 1.29 is 19.0 Å². The largest absolute Gasteiger partial charge is 0.493 e. The summed E-state index contributed by atoms with van der Waals surface area (Å²) in [6, 6.07) is 21.1. The molecule has 0 spiro atoms. The Labute approximate surface area is 191 Å². The van der Waals surface area contributed by atoms with E-state index in [1.165, 1.54) is 5.56 Å². The molecule has 3 aromatic carbocycles. The van der Waals surface area contributed by atoms with Gasteiger partial charge in [0.05, 0.1) is 18.7 Å². The number of esters is 1. The molecular weight excluding hydrogens is 426 g/mol. The summed E-state index contributed by atoms with van der Waals surface area (Å²) < 4.78 is 16.7. The number of methoxy groups -OCH3 is 1. The normalized spacial score (nSPS) is 14.3. The number of rotatable bonds is 7. The number of aryl methyl sites for hydroxylation is 1. The van der Waals surface area contributed by atoms with Gasteiger partial charge in [0.2, 0.25) is 5.90 Å². The Bertz CT molecular complexity index is 1180. The Morgan fingerprint density at radius 3 is 2.53 bits per heavy atom. The number of aliphatic imine (C=N–C) groups is 1. The van der Waals surface area contributed by atoms with E-state index in [-0.39, 0.29) is 11.6 Å². The van der Waals surface area contributed by atoms with Gasteiger partial charge in [-0.05, 0) is 48.4 Å². The summed E-state index contributed by atoms with van der Waals surface area (Å²) in [6.07, 6.45) is 2.36. The average Bonchev–Trinajstić information content (AvgIpc) is 3.16. The summed E-state index contributed by atoms with van der Waals surface area (Å²) in [5.41, 5.74) is 3.87. The van der Waals surface area contributed by atoms with E-state index in [2.05, 4.69) is 4.99 Å². The zero-order chi connectivity index (χ0) is 22.5. The van der Waals surface area contributed by atoms with E-state index in [9.17, 15) is 4.79 Å². The molecule has 162 valence electrons. The van der Waals surface area contributed by atoms with Gasteiger partial charge in [0.25, 0.3) is 0 Å². The lowest BCUT2D eigenvalue weighted by Gasteiger charge is -2.13. The van der Waals surface area contributed by atoms with Crippen molar-refractivity contribution in [2.24, 2.45) is 4.99 Å². The molecule has 1 aliphatic heterocycles. The summed E-state index contributed by atoms with van der Waals surface area (Å²) in [7, 11) is 1.55. The van der Waals surface area contributed by atoms with Gasteiger partial charge in [-0.15, -0.1) is 0 Å². The van der Waals surface area contributed by atoms with Gasteiger partial charge in [-0.3, -0.25) is 0 Å². The molecule has 32 heavy (non-hydrogen) atoms. The molecule has 4 rings (SSSR count). The number of cyclic esters (lactones) is 1. The number of ether oxygens (including phenoxy) is 3. The van der Waals surface area contributed by atoms with Crippen molar-refractivity contribution in [3.8, 4) is 11.5 Å². The number of hydrogen-bond acceptors (Lipinski definition) is 5. The Morgan fingerprint density at radius 2 is 1.81 bits per heavy atom. The van der Waals surface area contributed by atoms with Gasteiger partial charge in [-0.25, -0.2) is 9.79 Å². The lowest BCUT2D eigenvalue weighted by molar-refractivity contribution is -0.129. The molecule has 0 bridgehead atoms. The van der Waals surface area contributed by atoms with E-state index in [0.717, 1.165) is 17.5 Å². The van der Waals surface area contributed by atoms with Crippen LogP contribution in [-0.2, 0) is 16.0 Å². The quantitative estimate of drug-likeness (QED) is 0.348. The van der Waals surface area contributed by atoms with Crippen LogP contribution in [0, 0.1) is 6.92 Å². The van der Waals surface area contributed by atoms with Crippen LogP contribution in [0.15, 0.2) is 77.4 Å². The van der Waals surface area contributed by atoms with Crippen molar-refractivity contribution in [3.63, 3.8) is 0 Å². The van der Waals surface area contributed by atoms with Crippen LogP contribution >= 0.6 is 11.6 Å². The number of benzene rings is 3. The molecule has 0 N–H and O–H groups in total. The molecule has 0 saturated heterocycles. The molecule has 1 aliphatic rings. The first-order valence-corrected chi connectivity index (χ1v) is 10.5. The summed E-state index contributed by atoms with van der Waals surface area (Å²) in [5, 5.41) is 0.387. The Morgan fingerprint density at radius 1 is 1.06 bits per heavy atom. The molecule has 3 aromatic rings. The van der Waals surface area contributed by atoms with Crippen LogP contribution in [0.1, 0.15) is 22.3 Å². The highest BCUT2D eigenvalue weighted by Gasteiger charge is 2.24. The second-order valence-corrected chi connectivity index (χ2v) is 7.73. The number of hydrogen-bond donors (Lipinski definition) is 0. The van der Waals surface area contributed by atoms with Gasteiger partial charge < -0.3 is 14.2 Å². The van der Waals surface area contributed by atoms with Crippen LogP contribution in [0.25, 0.3) is 6.08 Å². The highest BCUT2D eigenvalue weighted by molar-refractivity contribution is 6.32. The van der Waals surface area contributed by atoms with Crippen LogP contribution in [0.3, 0.4) is 0 Å². The van der Waals surface area contributed by atoms with Crippen molar-refractivity contribution in [1.29, 1.82) is 0 Å². The zero-order valence-electron chi connectivity index (χ0n) is 17.8. The van der Waals surface area contributed by atoms with Gasteiger partial charge in [0.1, 0.15) is 0 Å². The monoisotopic (exact) mass is 447 g/mol. The van der Waals surface area contributed by atoms with E-state index < -0.39 is 5.97 Å². The molecule has 1 heterocycles. The van der Waals surface area contributed by atoms with Gasteiger partial charge in [-0.2, -0.15) is 0 Å². The smallest absolute Gasteiger partial charge is 0.363 e. The SMILES string of the molecule is COc1cc(/C=C2\N=C(c3ccc(C)cc3)OC2=O)cc(Cl)c1OCCc1ccccc1. The van der Waals surface area contributed by atoms with E-state index in [0.29, 0.717) is 28.7 Å². The summed E-state index contributed by atoms with van der Waals surface area (Å²) >= 11 is 6.47. The van der Waals surface area contributed by atoms with Crippen LogP contribution in [0.2, 0.25) is 5.02 Å². The summed E-state index contributed by atoms with van der Waals surface area (Å²) in [4.78, 5) is 16.7. The van der Waals surface area contributed by atoms with Crippen LogP contribution < -0.4 is 9.47 Å². The van der Waals surface area contributed by atoms with E-state index in [1.807, 2.05) is 61.5 Å². The fourth-order valence-corrected chi connectivity index (χ4v) is 3.54. The van der Waals surface area contributed by atoms with Crippen molar-refractivity contribution in [2.75, 3.05) is 13.7 Å². The van der Waals surface area contributed by atoms with Crippen LogP contribution in [0.4, 0.5) is 0 Å². The van der Waals surface area contributed by atoms with Gasteiger partial charge in [-0.1, -0.05) is 59.6 Å². The van der Waals surface area contributed by atoms with E-state index in [4.69, 9.17) is 25.8 Å². The predicted octanol–water partition coefficient (Wildman–Crippen LogP) is 5.62. The molecule has 0 saturated carbocycles. The van der Waals surface area contributed by atoms with Crippen molar-refractivity contribution in [1.82, 2.24) is 0 Å². The maximum absolute atomic E-state index is 12.3. The molecule has 0 aromatic heterocycles. The predicted molar refractivity (Wildman–Crippen MR) is 125 cm³/mol. The molecule has 5 nitrogen and oxygen atoms in total.